The van der Waals surface area contributed by atoms with E-state index in [1.807, 2.05) is 19.9 Å². The van der Waals surface area contributed by atoms with Crippen molar-refractivity contribution in [3.63, 3.8) is 0 Å². The van der Waals surface area contributed by atoms with Crippen LogP contribution >= 0.6 is 0 Å². The fourth-order valence-corrected chi connectivity index (χ4v) is 1.14. The largest absolute Gasteiger partial charge is 0.480 e. The van der Waals surface area contributed by atoms with Crippen LogP contribution in [0.4, 0.5) is 8.78 Å². The molecule has 102 valence electrons. The monoisotopic (exact) mass is 257 g/mol. The minimum atomic E-state index is -2.89. The highest BCUT2D eigenvalue weighted by Gasteiger charge is 2.22. The lowest BCUT2D eigenvalue weighted by atomic mass is 10.1. The number of allylic oxidation sites excluding steroid dienone is 2. The van der Waals surface area contributed by atoms with Crippen molar-refractivity contribution in [3.05, 3.63) is 41.4 Å². The number of ether oxygens (including phenoxy) is 1. The van der Waals surface area contributed by atoms with E-state index < -0.39 is 12.5 Å². The van der Waals surface area contributed by atoms with Gasteiger partial charge < -0.3 is 10.5 Å². The number of hydrogen-bond donors (Lipinski definition) is 1. The summed E-state index contributed by atoms with van der Waals surface area (Å²) in [5, 5.41) is 0. The van der Waals surface area contributed by atoms with Gasteiger partial charge in [-0.15, -0.1) is 0 Å². The van der Waals surface area contributed by atoms with Crippen molar-refractivity contribution in [2.45, 2.75) is 39.7 Å². The van der Waals surface area contributed by atoms with Crippen molar-refractivity contribution >= 4 is 0 Å². The maximum absolute atomic E-state index is 12.7. The normalized spacial score (nSPS) is 13.6. The van der Waals surface area contributed by atoms with Crippen molar-refractivity contribution in [3.8, 4) is 0 Å². The van der Waals surface area contributed by atoms with Crippen LogP contribution in [0.15, 0.2) is 41.4 Å². The van der Waals surface area contributed by atoms with Gasteiger partial charge in [-0.05, 0) is 32.4 Å². The van der Waals surface area contributed by atoms with Crippen LogP contribution in [-0.2, 0) is 4.74 Å². The molecule has 0 amide bonds. The van der Waals surface area contributed by atoms with Gasteiger partial charge in [0.1, 0.15) is 0 Å². The minimum absolute atomic E-state index is 0.168. The molecular weight excluding hydrogens is 236 g/mol. The highest BCUT2D eigenvalue weighted by Crippen LogP contribution is 2.16. The number of halogens is 2. The first-order valence-electron chi connectivity index (χ1n) is 5.68. The summed E-state index contributed by atoms with van der Waals surface area (Å²) in [4.78, 5) is 0. The lowest BCUT2D eigenvalue weighted by molar-refractivity contribution is -0.0415. The predicted molar refractivity (Wildman–Crippen MR) is 70.4 cm³/mol. The Morgan fingerprint density at radius 3 is 2.33 bits per heavy atom. The molecule has 1 unspecified atom stereocenters. The first-order valence-corrected chi connectivity index (χ1v) is 5.68. The molecule has 0 fully saturated rings. The second-order valence-electron chi connectivity index (χ2n) is 4.55. The molecule has 0 aliphatic rings. The van der Waals surface area contributed by atoms with Crippen LogP contribution in [-0.4, -0.2) is 18.6 Å². The summed E-state index contributed by atoms with van der Waals surface area (Å²) in [5.41, 5.74) is 10.1. The number of alkyl halides is 2. The van der Waals surface area contributed by atoms with Gasteiger partial charge in [-0.2, -0.15) is 0 Å². The minimum Gasteiger partial charge on any atom is -0.480 e. The van der Waals surface area contributed by atoms with Gasteiger partial charge in [0.25, 0.3) is 5.92 Å². The molecule has 0 aromatic carbocycles. The molecule has 0 aliphatic carbocycles. The van der Waals surface area contributed by atoms with Gasteiger partial charge >= 0.3 is 0 Å². The summed E-state index contributed by atoms with van der Waals surface area (Å²) in [6, 6.07) is -0.228. The van der Waals surface area contributed by atoms with E-state index in [9.17, 15) is 8.78 Å². The average molecular weight is 257 g/mol. The van der Waals surface area contributed by atoms with Gasteiger partial charge in [0, 0.05) is 13.0 Å². The summed E-state index contributed by atoms with van der Waals surface area (Å²) in [5.74, 6) is -2.72. The van der Waals surface area contributed by atoms with Crippen molar-refractivity contribution in [1.29, 1.82) is 0 Å². The van der Waals surface area contributed by atoms with Crippen LogP contribution in [0.1, 0.15) is 27.7 Å². The molecule has 0 aliphatic heterocycles. The first-order chi connectivity index (χ1) is 8.15. The standard InChI is InChI=1S/C14H21F2NO/c1-6-13(18-9-14(5,15)16)8-12(11(4)17)7-10(2)3/h7-8,11H,1,9,17H2,2-5H3/b12-8+. The Hall–Kier alpha value is -1.38. The molecule has 0 saturated carbocycles. The average Bonchev–Trinajstić information content (AvgIpc) is 2.20. The van der Waals surface area contributed by atoms with Gasteiger partial charge in [0.2, 0.25) is 0 Å². The van der Waals surface area contributed by atoms with E-state index in [1.165, 1.54) is 0 Å². The first kappa shape index (κ1) is 16.6. The molecule has 0 radical (unpaired) electrons. The van der Waals surface area contributed by atoms with Crippen LogP contribution in [0.25, 0.3) is 0 Å². The van der Waals surface area contributed by atoms with E-state index >= 15 is 0 Å². The lowest BCUT2D eigenvalue weighted by Gasteiger charge is -2.13. The van der Waals surface area contributed by atoms with Crippen LogP contribution in [0.3, 0.4) is 0 Å². The summed E-state index contributed by atoms with van der Waals surface area (Å²) in [7, 11) is 0. The Morgan fingerprint density at radius 2 is 2.00 bits per heavy atom. The maximum Gasteiger partial charge on any atom is 0.278 e. The Labute approximate surface area is 108 Å². The number of nitrogens with two attached hydrogens (primary N) is 1. The molecule has 0 rings (SSSR count). The quantitative estimate of drug-likeness (QED) is 0.448. The van der Waals surface area contributed by atoms with Gasteiger partial charge in [0.05, 0.1) is 0 Å². The zero-order valence-corrected chi connectivity index (χ0v) is 11.4. The summed E-state index contributed by atoms with van der Waals surface area (Å²) >= 11 is 0. The highest BCUT2D eigenvalue weighted by molar-refractivity contribution is 5.32. The van der Waals surface area contributed by atoms with Gasteiger partial charge in [0.15, 0.2) is 12.4 Å². The second-order valence-corrected chi connectivity index (χ2v) is 4.55. The summed E-state index contributed by atoms with van der Waals surface area (Å²) in [6.07, 6.45) is 3.45. The molecule has 18 heavy (non-hydrogen) atoms. The highest BCUT2D eigenvalue weighted by atomic mass is 19.3. The fraction of sp³-hybridized carbons (Fsp3) is 0.500. The molecule has 1 atom stereocenters. The molecule has 2 N–H and O–H groups in total. The molecule has 4 heteroatoms. The van der Waals surface area contributed by atoms with Crippen LogP contribution in [0.5, 0.6) is 0 Å². The van der Waals surface area contributed by atoms with E-state index in [1.54, 1.807) is 13.0 Å². The Bertz CT molecular complexity index is 379. The Kier molecular flexibility index (Phi) is 6.60. The molecule has 0 aromatic rings. The third-order valence-electron chi connectivity index (χ3n) is 1.93. The topological polar surface area (TPSA) is 35.2 Å². The van der Waals surface area contributed by atoms with E-state index in [-0.39, 0.29) is 11.8 Å². The van der Waals surface area contributed by atoms with Crippen LogP contribution < -0.4 is 5.73 Å². The molecule has 0 heterocycles. The van der Waals surface area contributed by atoms with Crippen LogP contribution in [0, 0.1) is 0 Å². The third-order valence-corrected chi connectivity index (χ3v) is 1.93. The summed E-state index contributed by atoms with van der Waals surface area (Å²) < 4.78 is 30.3. The Morgan fingerprint density at radius 1 is 1.44 bits per heavy atom. The molecule has 0 spiro atoms. The SMILES string of the molecule is C=C=C(/C=C(\C=C(C)C)C(C)N)OCC(C)(F)F. The molecule has 0 saturated heterocycles. The van der Waals surface area contributed by atoms with Crippen molar-refractivity contribution in [1.82, 2.24) is 0 Å². The smallest absolute Gasteiger partial charge is 0.278 e. The summed E-state index contributed by atoms with van der Waals surface area (Å²) in [6.45, 7) is 9.16. The van der Waals surface area contributed by atoms with Crippen LogP contribution in [0.2, 0.25) is 0 Å². The third kappa shape index (κ3) is 7.82. The van der Waals surface area contributed by atoms with E-state index in [0.29, 0.717) is 0 Å². The molecule has 0 bridgehead atoms. The zero-order chi connectivity index (χ0) is 14.3. The van der Waals surface area contributed by atoms with E-state index in [4.69, 9.17) is 10.5 Å². The second kappa shape index (κ2) is 7.14. The predicted octanol–water partition coefficient (Wildman–Crippen LogP) is 3.57. The lowest BCUT2D eigenvalue weighted by Crippen LogP contribution is -2.19. The van der Waals surface area contributed by atoms with Gasteiger partial charge in [-0.3, -0.25) is 0 Å². The zero-order valence-electron chi connectivity index (χ0n) is 11.4. The molecule has 0 aromatic heterocycles. The molecular formula is C14H21F2NO. The van der Waals surface area contributed by atoms with E-state index in [0.717, 1.165) is 18.1 Å². The number of rotatable bonds is 6. The fourth-order valence-electron chi connectivity index (χ4n) is 1.14. The van der Waals surface area contributed by atoms with Gasteiger partial charge in [-0.25, -0.2) is 8.78 Å². The van der Waals surface area contributed by atoms with Crippen molar-refractivity contribution in [2.75, 3.05) is 6.61 Å². The Balaban J connectivity index is 4.96. The van der Waals surface area contributed by atoms with Gasteiger partial charge in [-0.1, -0.05) is 24.0 Å². The molecule has 2 nitrogen and oxygen atoms in total. The van der Waals surface area contributed by atoms with Crippen molar-refractivity contribution < 1.29 is 13.5 Å². The number of hydrogen-bond acceptors (Lipinski definition) is 2. The van der Waals surface area contributed by atoms with Crippen molar-refractivity contribution in [2.24, 2.45) is 5.73 Å². The van der Waals surface area contributed by atoms with E-state index in [2.05, 4.69) is 12.3 Å². The maximum atomic E-state index is 12.7.